The van der Waals surface area contributed by atoms with Gasteiger partial charge in [-0.05, 0) is 50.4 Å². The summed E-state index contributed by atoms with van der Waals surface area (Å²) in [6, 6.07) is 3.78. The Morgan fingerprint density at radius 3 is 2.67 bits per heavy atom. The van der Waals surface area contributed by atoms with Crippen molar-refractivity contribution in [3.8, 4) is 0 Å². The Morgan fingerprint density at radius 1 is 1.33 bits per heavy atom. The van der Waals surface area contributed by atoms with Crippen molar-refractivity contribution >= 4 is 31.9 Å². The molecule has 0 aliphatic rings. The molecule has 0 radical (unpaired) electrons. The van der Waals surface area contributed by atoms with Gasteiger partial charge in [-0.2, -0.15) is 5.10 Å². The van der Waals surface area contributed by atoms with Crippen molar-refractivity contribution in [2.24, 2.45) is 7.05 Å². The van der Waals surface area contributed by atoms with Crippen molar-refractivity contribution in [2.75, 3.05) is 0 Å². The number of rotatable bonds is 3. The van der Waals surface area contributed by atoms with Gasteiger partial charge < -0.3 is 4.57 Å². The first-order valence-corrected chi connectivity index (χ1v) is 7.17. The van der Waals surface area contributed by atoms with Gasteiger partial charge in [0.05, 0.1) is 22.4 Å². The molecule has 0 N–H and O–H groups in total. The molecule has 0 saturated heterocycles. The molecule has 0 fully saturated rings. The van der Waals surface area contributed by atoms with Crippen LogP contribution in [0.15, 0.2) is 32.1 Å². The fourth-order valence-electron chi connectivity index (χ4n) is 1.75. The summed E-state index contributed by atoms with van der Waals surface area (Å²) >= 11 is 6.65. The molecule has 2 aromatic heterocycles. The van der Waals surface area contributed by atoms with E-state index in [9.17, 15) is 4.79 Å². The number of halogens is 2. The minimum atomic E-state index is -0.0440. The molecule has 0 aliphatic carbocycles. The monoisotopic (exact) mass is 373 g/mol. The molecule has 0 bridgehead atoms. The molecule has 0 aromatic carbocycles. The van der Waals surface area contributed by atoms with Crippen LogP contribution in [0.3, 0.4) is 0 Å². The minimum absolute atomic E-state index is 0.0440. The maximum absolute atomic E-state index is 12.0. The van der Waals surface area contributed by atoms with Gasteiger partial charge >= 0.3 is 0 Å². The summed E-state index contributed by atoms with van der Waals surface area (Å²) in [5.74, 6) is 0. The van der Waals surface area contributed by atoms with E-state index in [1.807, 2.05) is 17.8 Å². The highest BCUT2D eigenvalue weighted by atomic mass is 79.9. The van der Waals surface area contributed by atoms with E-state index in [0.29, 0.717) is 11.0 Å². The molecule has 0 spiro atoms. The zero-order chi connectivity index (χ0) is 13.3. The molecule has 6 heteroatoms. The highest BCUT2D eigenvalue weighted by molar-refractivity contribution is 9.11. The fraction of sp³-hybridized carbons (Fsp3) is 0.333. The van der Waals surface area contributed by atoms with Crippen LogP contribution >= 0.6 is 31.9 Å². The SMILES string of the molecule is CCc1cc(Cn2cc(Br)cc(Br)c2=O)n(C)n1. The molecule has 18 heavy (non-hydrogen) atoms. The van der Waals surface area contributed by atoms with Gasteiger partial charge in [-0.1, -0.05) is 6.92 Å². The van der Waals surface area contributed by atoms with E-state index < -0.39 is 0 Å². The van der Waals surface area contributed by atoms with E-state index >= 15 is 0 Å². The van der Waals surface area contributed by atoms with Crippen LogP contribution in [0.1, 0.15) is 18.3 Å². The van der Waals surface area contributed by atoms with Gasteiger partial charge in [-0.25, -0.2) is 0 Å². The van der Waals surface area contributed by atoms with E-state index in [-0.39, 0.29) is 5.56 Å². The van der Waals surface area contributed by atoms with E-state index in [1.165, 1.54) is 0 Å². The average molecular weight is 375 g/mol. The van der Waals surface area contributed by atoms with Crippen LogP contribution in [0, 0.1) is 0 Å². The topological polar surface area (TPSA) is 39.8 Å². The second-order valence-corrected chi connectivity index (χ2v) is 5.81. The Kier molecular flexibility index (Phi) is 4.07. The van der Waals surface area contributed by atoms with Crippen molar-refractivity contribution < 1.29 is 0 Å². The molecule has 0 saturated carbocycles. The van der Waals surface area contributed by atoms with Crippen LogP contribution in [0.25, 0.3) is 0 Å². The molecule has 2 aromatic rings. The summed E-state index contributed by atoms with van der Waals surface area (Å²) in [5, 5.41) is 4.38. The smallest absolute Gasteiger partial charge is 0.265 e. The van der Waals surface area contributed by atoms with Gasteiger partial charge in [0.15, 0.2) is 0 Å². The van der Waals surface area contributed by atoms with E-state index in [1.54, 1.807) is 16.8 Å². The third kappa shape index (κ3) is 2.75. The van der Waals surface area contributed by atoms with Crippen LogP contribution in [-0.2, 0) is 20.0 Å². The Labute approximate surface area is 122 Å². The highest BCUT2D eigenvalue weighted by Gasteiger charge is 2.08. The molecule has 0 atom stereocenters. The van der Waals surface area contributed by atoms with Crippen LogP contribution in [0.4, 0.5) is 0 Å². The molecular weight excluding hydrogens is 362 g/mol. The van der Waals surface area contributed by atoms with Crippen LogP contribution in [0.2, 0.25) is 0 Å². The van der Waals surface area contributed by atoms with Gasteiger partial charge in [-0.15, -0.1) is 0 Å². The number of aromatic nitrogens is 3. The molecule has 2 rings (SSSR count). The summed E-state index contributed by atoms with van der Waals surface area (Å²) in [5.41, 5.74) is 2.01. The lowest BCUT2D eigenvalue weighted by atomic mass is 10.3. The van der Waals surface area contributed by atoms with Crippen LogP contribution in [0.5, 0.6) is 0 Å². The molecule has 2 heterocycles. The lowest BCUT2D eigenvalue weighted by Crippen LogP contribution is -2.21. The Bertz CT molecular complexity index is 631. The molecule has 4 nitrogen and oxygen atoms in total. The fourth-order valence-corrected chi connectivity index (χ4v) is 3.01. The first-order valence-electron chi connectivity index (χ1n) is 5.58. The molecule has 0 amide bonds. The number of pyridine rings is 1. The van der Waals surface area contributed by atoms with E-state index in [2.05, 4.69) is 43.9 Å². The molecular formula is C12H13Br2N3O. The normalized spacial score (nSPS) is 10.9. The molecule has 0 unspecified atom stereocenters. The van der Waals surface area contributed by atoms with Crippen molar-refractivity contribution in [3.63, 3.8) is 0 Å². The maximum Gasteiger partial charge on any atom is 0.265 e. The summed E-state index contributed by atoms with van der Waals surface area (Å²) < 4.78 is 4.90. The number of aryl methyl sites for hydroxylation is 2. The van der Waals surface area contributed by atoms with Crippen molar-refractivity contribution in [2.45, 2.75) is 19.9 Å². The number of hydrogen-bond donors (Lipinski definition) is 0. The second kappa shape index (κ2) is 5.40. The minimum Gasteiger partial charge on any atom is -0.307 e. The lowest BCUT2D eigenvalue weighted by Gasteiger charge is -2.07. The largest absolute Gasteiger partial charge is 0.307 e. The number of hydrogen-bond acceptors (Lipinski definition) is 2. The van der Waals surface area contributed by atoms with E-state index in [4.69, 9.17) is 0 Å². The Morgan fingerprint density at radius 2 is 2.06 bits per heavy atom. The quantitative estimate of drug-likeness (QED) is 0.828. The zero-order valence-corrected chi connectivity index (χ0v) is 13.3. The predicted octanol–water partition coefficient (Wildman–Crippen LogP) is 2.72. The van der Waals surface area contributed by atoms with Gasteiger partial charge in [0.1, 0.15) is 0 Å². The third-order valence-corrected chi connectivity index (χ3v) is 3.73. The third-order valence-electron chi connectivity index (χ3n) is 2.73. The zero-order valence-electron chi connectivity index (χ0n) is 10.2. The molecule has 0 aliphatic heterocycles. The van der Waals surface area contributed by atoms with Crippen molar-refractivity contribution in [1.29, 1.82) is 0 Å². The first-order chi connectivity index (χ1) is 8.51. The maximum atomic E-state index is 12.0. The van der Waals surface area contributed by atoms with Crippen molar-refractivity contribution in [3.05, 3.63) is 49.0 Å². The van der Waals surface area contributed by atoms with Gasteiger partial charge in [0.2, 0.25) is 0 Å². The van der Waals surface area contributed by atoms with Gasteiger partial charge in [0, 0.05) is 17.7 Å². The number of nitrogens with zero attached hydrogens (tertiary/aromatic N) is 3. The average Bonchev–Trinajstić information content (AvgIpc) is 2.66. The van der Waals surface area contributed by atoms with Crippen LogP contribution in [-0.4, -0.2) is 14.3 Å². The Balaban J connectivity index is 2.39. The first kappa shape index (κ1) is 13.5. The van der Waals surface area contributed by atoms with Crippen LogP contribution < -0.4 is 5.56 Å². The summed E-state index contributed by atoms with van der Waals surface area (Å²) in [6.45, 7) is 2.58. The Hall–Kier alpha value is -0.880. The summed E-state index contributed by atoms with van der Waals surface area (Å²) in [6.07, 6.45) is 2.68. The second-order valence-electron chi connectivity index (χ2n) is 4.04. The molecule has 96 valence electrons. The lowest BCUT2D eigenvalue weighted by molar-refractivity contribution is 0.647. The summed E-state index contributed by atoms with van der Waals surface area (Å²) in [4.78, 5) is 12.0. The van der Waals surface area contributed by atoms with Gasteiger partial charge in [0.25, 0.3) is 5.56 Å². The standard InChI is InChI=1S/C12H13Br2N3O/c1-3-9-5-10(16(2)15-9)7-17-6-8(13)4-11(14)12(17)18/h4-6H,3,7H2,1-2H3. The highest BCUT2D eigenvalue weighted by Crippen LogP contribution is 2.14. The van der Waals surface area contributed by atoms with E-state index in [0.717, 1.165) is 22.3 Å². The van der Waals surface area contributed by atoms with Gasteiger partial charge in [-0.3, -0.25) is 9.48 Å². The predicted molar refractivity (Wildman–Crippen MR) is 77.8 cm³/mol. The van der Waals surface area contributed by atoms with Crippen molar-refractivity contribution in [1.82, 2.24) is 14.3 Å². The summed E-state index contributed by atoms with van der Waals surface area (Å²) in [7, 11) is 1.90.